The monoisotopic (exact) mass is 251 g/mol. The summed E-state index contributed by atoms with van der Waals surface area (Å²) in [4.78, 5) is 22.6. The molecule has 0 bridgehead atoms. The van der Waals surface area contributed by atoms with Gasteiger partial charge in [0.25, 0.3) is 0 Å². The van der Waals surface area contributed by atoms with Gasteiger partial charge in [0, 0.05) is 17.8 Å². The van der Waals surface area contributed by atoms with Crippen LogP contribution >= 0.6 is 0 Å². The summed E-state index contributed by atoms with van der Waals surface area (Å²) in [5, 5.41) is 9.20. The van der Waals surface area contributed by atoms with Crippen molar-refractivity contribution in [2.75, 3.05) is 0 Å². The van der Waals surface area contributed by atoms with E-state index in [4.69, 9.17) is 0 Å². The number of carboxylic acids is 1. The number of hydrogen-bond acceptors (Lipinski definition) is 2. The lowest BCUT2D eigenvalue weighted by Crippen LogP contribution is -2.19. The van der Waals surface area contributed by atoms with Gasteiger partial charge in [-0.15, -0.1) is 0 Å². The Labute approximate surface area is 108 Å². The molecule has 0 saturated carbocycles. The molecule has 1 unspecified atom stereocenters. The summed E-state index contributed by atoms with van der Waals surface area (Å²) in [5.74, 6) is -0.677. The Hall–Kier alpha value is -1.58. The van der Waals surface area contributed by atoms with Gasteiger partial charge in [-0.1, -0.05) is 26.7 Å². The lowest BCUT2D eigenvalue weighted by Gasteiger charge is -2.24. The first-order chi connectivity index (χ1) is 8.42. The van der Waals surface area contributed by atoms with Crippen LogP contribution in [0.2, 0.25) is 0 Å². The Morgan fingerprint density at radius 1 is 1.33 bits per heavy atom. The molecule has 0 spiro atoms. The van der Waals surface area contributed by atoms with Crippen LogP contribution in [0.3, 0.4) is 0 Å². The molecule has 0 aliphatic heterocycles. The van der Waals surface area contributed by atoms with E-state index in [9.17, 15) is 14.7 Å². The first-order valence-electron chi connectivity index (χ1n) is 6.38. The van der Waals surface area contributed by atoms with Crippen LogP contribution in [0.4, 0.5) is 0 Å². The summed E-state index contributed by atoms with van der Waals surface area (Å²) in [7, 11) is 0. The lowest BCUT2D eigenvalue weighted by molar-refractivity contribution is 0.0680. The summed E-state index contributed by atoms with van der Waals surface area (Å²) < 4.78 is 1.72. The van der Waals surface area contributed by atoms with Crippen molar-refractivity contribution >= 4 is 11.8 Å². The van der Waals surface area contributed by atoms with E-state index >= 15 is 0 Å². The summed E-state index contributed by atoms with van der Waals surface area (Å²) >= 11 is 0. The highest BCUT2D eigenvalue weighted by molar-refractivity contribution is 5.97. The van der Waals surface area contributed by atoms with Crippen molar-refractivity contribution in [2.45, 2.75) is 46.6 Å². The second-order valence-corrected chi connectivity index (χ2v) is 4.70. The topological polar surface area (TPSA) is 59.3 Å². The van der Waals surface area contributed by atoms with Crippen LogP contribution in [0.15, 0.2) is 12.3 Å². The maximum atomic E-state index is 11.4. The molecular formula is C14H21NO3. The lowest BCUT2D eigenvalue weighted by atomic mass is 9.95. The van der Waals surface area contributed by atoms with Gasteiger partial charge in [0.05, 0.1) is 0 Å². The van der Waals surface area contributed by atoms with Crippen molar-refractivity contribution in [2.24, 2.45) is 5.92 Å². The SMILES string of the molecule is CCC(CC)C(C)n1cc(C(C)=O)cc1C(=O)O. The fraction of sp³-hybridized carbons (Fsp3) is 0.571. The molecule has 0 aromatic carbocycles. The van der Waals surface area contributed by atoms with E-state index in [1.807, 2.05) is 6.92 Å². The third-order valence-electron chi connectivity index (χ3n) is 3.64. The molecular weight excluding hydrogens is 230 g/mol. The Bertz CT molecular complexity index is 444. The minimum atomic E-state index is -0.986. The Kier molecular flexibility index (Phi) is 4.70. The molecule has 1 rings (SSSR count). The van der Waals surface area contributed by atoms with Gasteiger partial charge in [0.15, 0.2) is 5.78 Å². The molecule has 1 atom stereocenters. The molecule has 0 saturated heterocycles. The van der Waals surface area contributed by atoms with Crippen molar-refractivity contribution in [1.29, 1.82) is 0 Å². The number of carboxylic acid groups (broad SMARTS) is 1. The number of aromatic nitrogens is 1. The van der Waals surface area contributed by atoms with Crippen molar-refractivity contribution in [1.82, 2.24) is 4.57 Å². The Morgan fingerprint density at radius 3 is 2.28 bits per heavy atom. The summed E-state index contributed by atoms with van der Waals surface area (Å²) in [6, 6.07) is 1.54. The summed E-state index contributed by atoms with van der Waals surface area (Å²) in [6.07, 6.45) is 3.64. The molecule has 1 heterocycles. The maximum absolute atomic E-state index is 11.4. The van der Waals surface area contributed by atoms with Crippen molar-refractivity contribution in [3.63, 3.8) is 0 Å². The van der Waals surface area contributed by atoms with Crippen LogP contribution in [-0.4, -0.2) is 21.4 Å². The van der Waals surface area contributed by atoms with E-state index in [1.165, 1.54) is 13.0 Å². The Balaban J connectivity index is 3.20. The van der Waals surface area contributed by atoms with Crippen molar-refractivity contribution in [3.05, 3.63) is 23.5 Å². The third-order valence-corrected chi connectivity index (χ3v) is 3.64. The predicted molar refractivity (Wildman–Crippen MR) is 70.2 cm³/mol. The average Bonchev–Trinajstić information content (AvgIpc) is 2.75. The number of nitrogens with zero attached hydrogens (tertiary/aromatic N) is 1. The molecule has 4 heteroatoms. The number of rotatable bonds is 6. The molecule has 0 radical (unpaired) electrons. The summed E-state index contributed by atoms with van der Waals surface area (Å²) in [5.41, 5.74) is 0.657. The fourth-order valence-electron chi connectivity index (χ4n) is 2.38. The molecule has 1 aromatic rings. The normalized spacial score (nSPS) is 12.7. The highest BCUT2D eigenvalue weighted by Gasteiger charge is 2.22. The highest BCUT2D eigenvalue weighted by atomic mass is 16.4. The second kappa shape index (κ2) is 5.85. The van der Waals surface area contributed by atoms with E-state index in [2.05, 4.69) is 13.8 Å². The first-order valence-corrected chi connectivity index (χ1v) is 6.38. The molecule has 1 aromatic heterocycles. The first kappa shape index (κ1) is 14.5. The molecule has 1 N–H and O–H groups in total. The van der Waals surface area contributed by atoms with Crippen LogP contribution in [0.25, 0.3) is 0 Å². The molecule has 4 nitrogen and oxygen atoms in total. The number of aromatic carboxylic acids is 1. The van der Waals surface area contributed by atoms with Crippen molar-refractivity contribution < 1.29 is 14.7 Å². The second-order valence-electron chi connectivity index (χ2n) is 4.70. The number of Topliss-reactive ketones (excluding diaryl/α,β-unsaturated/α-hetero) is 1. The minimum Gasteiger partial charge on any atom is -0.477 e. The number of carbonyl (C=O) groups is 2. The highest BCUT2D eigenvalue weighted by Crippen LogP contribution is 2.27. The quantitative estimate of drug-likeness (QED) is 0.788. The molecule has 100 valence electrons. The number of hydrogen-bond donors (Lipinski definition) is 1. The van der Waals surface area contributed by atoms with Crippen LogP contribution < -0.4 is 0 Å². The zero-order valence-corrected chi connectivity index (χ0v) is 11.4. The van der Waals surface area contributed by atoms with Crippen LogP contribution in [0.1, 0.15) is 67.4 Å². The van der Waals surface area contributed by atoms with Gasteiger partial charge >= 0.3 is 5.97 Å². The van der Waals surface area contributed by atoms with E-state index in [0.29, 0.717) is 11.5 Å². The van der Waals surface area contributed by atoms with Crippen molar-refractivity contribution in [3.8, 4) is 0 Å². The van der Waals surface area contributed by atoms with Crippen LogP contribution in [0, 0.1) is 5.92 Å². The van der Waals surface area contributed by atoms with Gasteiger partial charge in [0.2, 0.25) is 0 Å². The van der Waals surface area contributed by atoms with Gasteiger partial charge in [-0.05, 0) is 25.8 Å². The number of ketones is 1. The van der Waals surface area contributed by atoms with E-state index in [-0.39, 0.29) is 17.5 Å². The molecule has 0 amide bonds. The van der Waals surface area contributed by atoms with E-state index in [0.717, 1.165) is 12.8 Å². The minimum absolute atomic E-state index is 0.0826. The number of carbonyl (C=O) groups excluding carboxylic acids is 1. The zero-order chi connectivity index (χ0) is 13.9. The van der Waals surface area contributed by atoms with Crippen LogP contribution in [-0.2, 0) is 0 Å². The Morgan fingerprint density at radius 2 is 1.89 bits per heavy atom. The van der Waals surface area contributed by atoms with Gasteiger partial charge in [-0.25, -0.2) is 4.79 Å². The van der Waals surface area contributed by atoms with Gasteiger partial charge < -0.3 is 9.67 Å². The van der Waals surface area contributed by atoms with Crippen LogP contribution in [0.5, 0.6) is 0 Å². The van der Waals surface area contributed by atoms with E-state index in [1.54, 1.807) is 10.8 Å². The molecule has 18 heavy (non-hydrogen) atoms. The average molecular weight is 251 g/mol. The standard InChI is InChI=1S/C14H21NO3/c1-5-11(6-2)9(3)15-8-12(10(4)16)7-13(15)14(17)18/h7-9,11H,5-6H2,1-4H3,(H,17,18). The maximum Gasteiger partial charge on any atom is 0.352 e. The molecule has 0 fully saturated rings. The predicted octanol–water partition coefficient (Wildman–Crippen LogP) is 3.39. The largest absolute Gasteiger partial charge is 0.477 e. The van der Waals surface area contributed by atoms with E-state index < -0.39 is 5.97 Å². The van der Waals surface area contributed by atoms with Gasteiger partial charge in [0.1, 0.15) is 5.69 Å². The van der Waals surface area contributed by atoms with Gasteiger partial charge in [-0.2, -0.15) is 0 Å². The zero-order valence-electron chi connectivity index (χ0n) is 11.4. The fourth-order valence-corrected chi connectivity index (χ4v) is 2.38. The smallest absolute Gasteiger partial charge is 0.352 e. The van der Waals surface area contributed by atoms with Gasteiger partial charge in [-0.3, -0.25) is 4.79 Å². The molecule has 0 aliphatic rings. The molecule has 0 aliphatic carbocycles. The third kappa shape index (κ3) is 2.81. The summed E-state index contributed by atoms with van der Waals surface area (Å²) in [6.45, 7) is 7.65.